The lowest BCUT2D eigenvalue weighted by molar-refractivity contribution is -0.384. The summed E-state index contributed by atoms with van der Waals surface area (Å²) < 4.78 is 127. The van der Waals surface area contributed by atoms with Crippen molar-refractivity contribution in [3.8, 4) is 0 Å². The van der Waals surface area contributed by atoms with Gasteiger partial charge in [0.05, 0.1) is 67.7 Å². The van der Waals surface area contributed by atoms with Crippen LogP contribution in [0.25, 0.3) is 0 Å². The minimum absolute atomic E-state index is 0. The van der Waals surface area contributed by atoms with Gasteiger partial charge in [-0.15, -0.1) is 0 Å². The summed E-state index contributed by atoms with van der Waals surface area (Å²) in [7, 11) is -11.6. The molecule has 24 heteroatoms. The molecule has 0 saturated heterocycles. The van der Waals surface area contributed by atoms with Crippen molar-refractivity contribution in [3.05, 3.63) is 92.9 Å². The molecule has 18 nitrogen and oxygen atoms in total. The lowest BCUT2D eigenvalue weighted by Crippen LogP contribution is -2.02. The Morgan fingerprint density at radius 2 is 0.745 bits per heavy atom. The number of non-ortho nitro benzene ring substituents is 1. The molecule has 0 aliphatic rings. The third-order valence-electron chi connectivity index (χ3n) is 5.01. The van der Waals surface area contributed by atoms with Crippen molar-refractivity contribution in [2.45, 2.75) is 29.0 Å². The Labute approximate surface area is 308 Å². The fourth-order valence-electron chi connectivity index (χ4n) is 2.33. The van der Waals surface area contributed by atoms with Crippen LogP contribution in [0.1, 0.15) is 13.0 Å². The van der Waals surface area contributed by atoms with Crippen molar-refractivity contribution in [3.63, 3.8) is 0 Å². The number of nitrogens with zero attached hydrogens (tertiary/aromatic N) is 1. The van der Waals surface area contributed by atoms with Gasteiger partial charge in [-0.25, -0.2) is 0 Å². The molecule has 0 saturated carbocycles. The zero-order valence-corrected chi connectivity index (χ0v) is 33.4. The molecule has 0 spiro atoms. The minimum atomic E-state index is -3.76. The molecule has 51 heavy (non-hydrogen) atoms. The third-order valence-corrected chi connectivity index (χ3v) is 10.6. The number of hydrogen-bond donors (Lipinski definition) is 0. The molecule has 0 unspecified atom stereocenters. The van der Waals surface area contributed by atoms with Gasteiger partial charge in [-0.3, -0.25) is 31.0 Å². The van der Waals surface area contributed by atoms with Crippen molar-refractivity contribution in [2.24, 2.45) is 0 Å². The van der Waals surface area contributed by atoms with Gasteiger partial charge in [0.15, 0.2) is 0 Å². The van der Waals surface area contributed by atoms with E-state index in [1.54, 1.807) is 24.3 Å². The van der Waals surface area contributed by atoms with Crippen LogP contribution >= 0.6 is 15.9 Å². The van der Waals surface area contributed by atoms with Crippen LogP contribution in [0.2, 0.25) is 0 Å². The van der Waals surface area contributed by atoms with E-state index in [2.05, 4.69) is 36.8 Å². The Balaban J connectivity index is -0.000000584. The molecule has 0 aliphatic heterocycles. The number of nitro benzene ring substituents is 1. The summed E-state index contributed by atoms with van der Waals surface area (Å²) in [6.07, 6.45) is 1.99. The molecule has 0 amide bonds. The van der Waals surface area contributed by atoms with Crippen LogP contribution in [-0.4, -0.2) is 95.1 Å². The zero-order valence-electron chi connectivity index (χ0n) is 27.7. The van der Waals surface area contributed by atoms with Gasteiger partial charge >= 0.3 is 0 Å². The fourth-order valence-corrected chi connectivity index (χ4v) is 4.58. The van der Waals surface area contributed by atoms with Gasteiger partial charge in [0.25, 0.3) is 56.3 Å². The summed E-state index contributed by atoms with van der Waals surface area (Å²) in [6, 6.07) is 17.2. The summed E-state index contributed by atoms with van der Waals surface area (Å²) in [5.41, 5.74) is 0.852. The Bertz CT molecular complexity index is 1930. The summed E-state index contributed by atoms with van der Waals surface area (Å²) >= 11 is 3.20. The zero-order chi connectivity index (χ0) is 39.6. The van der Waals surface area contributed by atoms with E-state index in [1.165, 1.54) is 24.3 Å². The number of aryl methyl sites for hydroxylation is 1. The normalized spacial score (nSPS) is 11.2. The largest absolute Gasteiger partial charge is 0.296 e. The smallest absolute Gasteiger partial charge is 0.274 e. The number of hydrogen-bond acceptors (Lipinski definition) is 17. The van der Waals surface area contributed by atoms with Gasteiger partial charge in [0, 0.05) is 16.6 Å². The molecule has 292 valence electrons. The van der Waals surface area contributed by atoms with Gasteiger partial charge in [-0.1, -0.05) is 41.1 Å². The highest BCUT2D eigenvalue weighted by molar-refractivity contribution is 9.10. The van der Waals surface area contributed by atoms with Crippen molar-refractivity contribution >= 4 is 72.2 Å². The molecule has 3 rings (SSSR count). The lowest BCUT2D eigenvalue weighted by atomic mass is 10.2. The number of halogens is 1. The number of nitro groups is 1. The average molecular weight is 891 g/mol. The van der Waals surface area contributed by atoms with E-state index < -0.39 is 55.5 Å². The van der Waals surface area contributed by atoms with Crippen molar-refractivity contribution < 1.29 is 67.9 Å². The molecule has 0 atom stereocenters. The highest BCUT2D eigenvalue weighted by Crippen LogP contribution is 2.17. The molecule has 0 bridgehead atoms. The monoisotopic (exact) mass is 889 g/mol. The van der Waals surface area contributed by atoms with Gasteiger partial charge in [-0.2, -0.15) is 42.1 Å². The Hall–Kier alpha value is -2.91. The lowest BCUT2D eigenvalue weighted by Gasteiger charge is -2.00. The summed E-state index contributed by atoms with van der Waals surface area (Å²) in [5, 5.41) is 10.3. The van der Waals surface area contributed by atoms with Crippen molar-refractivity contribution in [1.29, 1.82) is 0 Å². The molecule has 0 radical (unpaired) electrons. The first-order valence-electron chi connectivity index (χ1n) is 12.7. The van der Waals surface area contributed by atoms with Crippen LogP contribution in [0.5, 0.6) is 0 Å². The first kappa shape index (κ1) is 52.5. The second kappa shape index (κ2) is 23.6. The van der Waals surface area contributed by atoms with Crippen LogP contribution < -0.4 is 0 Å². The highest BCUT2D eigenvalue weighted by atomic mass is 79.9. The third kappa shape index (κ3) is 23.3. The van der Waals surface area contributed by atoms with Crippen molar-refractivity contribution in [2.75, 3.05) is 48.1 Å². The van der Waals surface area contributed by atoms with Crippen LogP contribution in [0.15, 0.2) is 92.0 Å². The maximum Gasteiger partial charge on any atom is 0.296 e. The summed E-state index contributed by atoms with van der Waals surface area (Å²) in [6.45, 7) is 1.89. The molecule has 3 aromatic rings. The van der Waals surface area contributed by atoms with Crippen LogP contribution in [0.4, 0.5) is 5.69 Å². The van der Waals surface area contributed by atoms with E-state index in [0.29, 0.717) is 0 Å². The Morgan fingerprint density at radius 1 is 0.510 bits per heavy atom. The second-order valence-corrected chi connectivity index (χ2v) is 18.2. The van der Waals surface area contributed by atoms with E-state index in [0.717, 1.165) is 82.4 Å². The predicted molar refractivity (Wildman–Crippen MR) is 191 cm³/mol. The van der Waals surface area contributed by atoms with Crippen LogP contribution in [-0.2, 0) is 71.5 Å². The van der Waals surface area contributed by atoms with Crippen LogP contribution in [0, 0.1) is 17.0 Å². The second-order valence-electron chi connectivity index (χ2n) is 8.62. The predicted octanol–water partition coefficient (Wildman–Crippen LogP) is 3.87. The van der Waals surface area contributed by atoms with Gasteiger partial charge in [-0.05, 0) is 55.5 Å². The standard InChI is InChI=1S/C8H10O3S.C7H7BrO3S.C7H7NO5S.2C2H6O3S.CH4/c1-7-3-5-8(6-4-7)12(9,10)11-2;1-11-12(9,10)7-4-2-6(8)3-5-7;1-13-14(11,12)7-4-2-6(3-5-7)8(9)10;2*1-5-6(2,3)4;/h3-6H,1-2H3;2-5H,1H3;2-5H,1H3;2*1-2H3;1H4. The maximum absolute atomic E-state index is 11.1. The summed E-state index contributed by atoms with van der Waals surface area (Å²) in [5.74, 6) is 0. The molecular formula is C27H40BrNO17S5. The summed E-state index contributed by atoms with van der Waals surface area (Å²) in [4.78, 5) is 9.89. The van der Waals surface area contributed by atoms with E-state index >= 15 is 0 Å². The van der Waals surface area contributed by atoms with Gasteiger partial charge < -0.3 is 0 Å². The first-order chi connectivity index (χ1) is 22.7. The SMILES string of the molecule is C.COS(=O)(=O)c1ccc(Br)cc1.COS(=O)(=O)c1ccc(C)cc1.COS(=O)(=O)c1ccc([N+](=O)[O-])cc1.COS(C)(=O)=O.COS(C)(=O)=O. The Morgan fingerprint density at radius 3 is 0.961 bits per heavy atom. The topological polar surface area (TPSA) is 260 Å². The maximum atomic E-state index is 11.1. The molecule has 3 aromatic carbocycles. The molecular weight excluding hydrogens is 851 g/mol. The van der Waals surface area contributed by atoms with Crippen LogP contribution in [0.3, 0.4) is 0 Å². The highest BCUT2D eigenvalue weighted by Gasteiger charge is 2.15. The van der Waals surface area contributed by atoms with Gasteiger partial charge in [0.2, 0.25) is 0 Å². The number of benzene rings is 3. The molecule has 0 heterocycles. The van der Waals surface area contributed by atoms with Crippen molar-refractivity contribution in [1.82, 2.24) is 0 Å². The molecule has 0 N–H and O–H groups in total. The molecule has 0 aliphatic carbocycles. The fraction of sp³-hybridized carbons (Fsp3) is 0.333. The minimum Gasteiger partial charge on any atom is -0.274 e. The van der Waals surface area contributed by atoms with E-state index in [1.807, 2.05) is 6.92 Å². The van der Waals surface area contributed by atoms with E-state index in [4.69, 9.17) is 0 Å². The number of rotatable bonds is 9. The molecule has 0 fully saturated rings. The first-order valence-corrected chi connectivity index (χ1v) is 21.4. The van der Waals surface area contributed by atoms with E-state index in [9.17, 15) is 52.2 Å². The van der Waals surface area contributed by atoms with E-state index in [-0.39, 0.29) is 27.8 Å². The molecule has 0 aromatic heterocycles. The van der Waals surface area contributed by atoms with Gasteiger partial charge in [0.1, 0.15) is 0 Å². The Kier molecular flexibility index (Phi) is 24.3. The quantitative estimate of drug-likeness (QED) is 0.168. The average Bonchev–Trinajstić information content (AvgIpc) is 3.05.